The van der Waals surface area contributed by atoms with Gasteiger partial charge in [-0.2, -0.15) is 0 Å². The Morgan fingerprint density at radius 1 is 1.15 bits per heavy atom. The largest absolute Gasteiger partial charge is 0.454 e. The number of sulfonamides is 1. The Kier molecular flexibility index (Phi) is 7.49. The smallest absolute Gasteiger partial charge is 0.325 e. The van der Waals surface area contributed by atoms with Gasteiger partial charge in [-0.15, -0.1) is 0 Å². The maximum atomic E-state index is 12.1. The molecular formula is C17H25N3O6S. The normalized spacial score (nSPS) is 11.8. The fourth-order valence-electron chi connectivity index (χ4n) is 1.91. The monoisotopic (exact) mass is 399 g/mol. The molecule has 0 spiro atoms. The van der Waals surface area contributed by atoms with Gasteiger partial charge in [0.15, 0.2) is 6.61 Å². The van der Waals surface area contributed by atoms with Crippen LogP contribution in [0.2, 0.25) is 0 Å². The van der Waals surface area contributed by atoms with E-state index < -0.39 is 46.5 Å². The lowest BCUT2D eigenvalue weighted by Crippen LogP contribution is -2.43. The van der Waals surface area contributed by atoms with Crippen molar-refractivity contribution in [1.29, 1.82) is 0 Å². The summed E-state index contributed by atoms with van der Waals surface area (Å²) >= 11 is 0. The summed E-state index contributed by atoms with van der Waals surface area (Å²) in [6, 6.07) is 5.44. The van der Waals surface area contributed by atoms with E-state index in [1.165, 1.54) is 38.4 Å². The first-order chi connectivity index (χ1) is 12.3. The van der Waals surface area contributed by atoms with Crippen molar-refractivity contribution >= 4 is 27.8 Å². The van der Waals surface area contributed by atoms with E-state index in [0.717, 1.165) is 4.31 Å². The number of carbonyl (C=O) groups is 3. The topological polar surface area (TPSA) is 122 Å². The number of ether oxygens (including phenoxy) is 1. The van der Waals surface area contributed by atoms with E-state index >= 15 is 0 Å². The van der Waals surface area contributed by atoms with Crippen molar-refractivity contribution in [2.75, 3.05) is 27.2 Å². The summed E-state index contributed by atoms with van der Waals surface area (Å²) in [5.41, 5.74) is -0.369. The second-order valence-corrected chi connectivity index (χ2v) is 9.11. The van der Waals surface area contributed by atoms with Gasteiger partial charge in [0.25, 0.3) is 11.8 Å². The SMILES string of the molecule is CN(C)S(=O)(=O)c1cccc(C(=O)NCC(=O)OCC(=O)NC(C)(C)C)c1. The van der Waals surface area contributed by atoms with E-state index in [0.29, 0.717) is 0 Å². The first-order valence-corrected chi connectivity index (χ1v) is 9.54. The predicted molar refractivity (Wildman–Crippen MR) is 98.5 cm³/mol. The molecule has 0 fully saturated rings. The number of carbonyl (C=O) groups excluding carboxylic acids is 3. The minimum Gasteiger partial charge on any atom is -0.454 e. The Morgan fingerprint density at radius 2 is 1.78 bits per heavy atom. The maximum absolute atomic E-state index is 12.1. The quantitative estimate of drug-likeness (QED) is 0.628. The van der Waals surface area contributed by atoms with Crippen molar-refractivity contribution in [3.8, 4) is 0 Å². The van der Waals surface area contributed by atoms with Crippen LogP contribution in [0.15, 0.2) is 29.2 Å². The van der Waals surface area contributed by atoms with E-state index in [2.05, 4.69) is 10.6 Å². The number of nitrogens with zero attached hydrogens (tertiary/aromatic N) is 1. The molecule has 0 saturated heterocycles. The van der Waals surface area contributed by atoms with E-state index in [9.17, 15) is 22.8 Å². The number of benzene rings is 1. The van der Waals surface area contributed by atoms with E-state index in [1.807, 2.05) is 0 Å². The summed E-state index contributed by atoms with van der Waals surface area (Å²) in [5.74, 6) is -1.88. The number of rotatable bonds is 7. The van der Waals surface area contributed by atoms with Crippen LogP contribution < -0.4 is 10.6 Å². The van der Waals surface area contributed by atoms with Gasteiger partial charge in [0.2, 0.25) is 10.0 Å². The Hall–Kier alpha value is -2.46. The average molecular weight is 399 g/mol. The predicted octanol–water partition coefficient (Wildman–Crippen LogP) is 0.125. The second kappa shape index (κ2) is 8.96. The van der Waals surface area contributed by atoms with Gasteiger partial charge in [0.1, 0.15) is 6.54 Å². The average Bonchev–Trinajstić information content (AvgIpc) is 2.56. The van der Waals surface area contributed by atoms with Crippen molar-refractivity contribution in [2.45, 2.75) is 31.2 Å². The summed E-state index contributed by atoms with van der Waals surface area (Å²) in [7, 11) is -0.914. The van der Waals surface area contributed by atoms with Gasteiger partial charge in [0.05, 0.1) is 4.90 Å². The molecule has 0 atom stereocenters. The third-order valence-electron chi connectivity index (χ3n) is 3.15. The first-order valence-electron chi connectivity index (χ1n) is 8.10. The fourth-order valence-corrected chi connectivity index (χ4v) is 2.86. The minimum atomic E-state index is -3.68. The lowest BCUT2D eigenvalue weighted by atomic mass is 10.1. The van der Waals surface area contributed by atoms with E-state index in [4.69, 9.17) is 4.74 Å². The summed E-state index contributed by atoms with van der Waals surface area (Å²) in [6.45, 7) is 4.46. The van der Waals surface area contributed by atoms with Gasteiger partial charge in [-0.25, -0.2) is 12.7 Å². The van der Waals surface area contributed by atoms with Gasteiger partial charge in [-0.05, 0) is 39.0 Å². The molecule has 1 aromatic rings. The summed E-state index contributed by atoms with van der Waals surface area (Å²) < 4.78 is 30.0. The molecule has 0 radical (unpaired) electrons. The van der Waals surface area contributed by atoms with Gasteiger partial charge >= 0.3 is 5.97 Å². The van der Waals surface area contributed by atoms with E-state index in [-0.39, 0.29) is 10.5 Å². The van der Waals surface area contributed by atoms with Crippen molar-refractivity contribution in [3.05, 3.63) is 29.8 Å². The van der Waals surface area contributed by atoms with Gasteiger partial charge in [-0.3, -0.25) is 14.4 Å². The molecule has 10 heteroatoms. The third-order valence-corrected chi connectivity index (χ3v) is 4.96. The van der Waals surface area contributed by atoms with Crippen molar-refractivity contribution in [1.82, 2.24) is 14.9 Å². The molecule has 150 valence electrons. The highest BCUT2D eigenvalue weighted by molar-refractivity contribution is 7.89. The summed E-state index contributed by atoms with van der Waals surface area (Å²) in [4.78, 5) is 35.3. The van der Waals surface area contributed by atoms with Gasteiger partial charge < -0.3 is 15.4 Å². The molecule has 0 aliphatic heterocycles. The van der Waals surface area contributed by atoms with Crippen LogP contribution in [0, 0.1) is 0 Å². The first kappa shape index (κ1) is 22.6. The molecule has 0 aromatic heterocycles. The molecule has 0 unspecified atom stereocenters. The zero-order valence-corrected chi connectivity index (χ0v) is 16.8. The van der Waals surface area contributed by atoms with Crippen LogP contribution in [0.4, 0.5) is 0 Å². The molecule has 1 aromatic carbocycles. The molecule has 2 amide bonds. The number of nitrogens with one attached hydrogen (secondary N) is 2. The number of amides is 2. The summed E-state index contributed by atoms with van der Waals surface area (Å²) in [6.07, 6.45) is 0. The number of hydrogen-bond acceptors (Lipinski definition) is 6. The van der Waals surface area contributed by atoms with Crippen molar-refractivity contribution < 1.29 is 27.5 Å². The molecule has 2 N–H and O–H groups in total. The number of esters is 1. The number of hydrogen-bond donors (Lipinski definition) is 2. The lowest BCUT2D eigenvalue weighted by molar-refractivity contribution is -0.147. The molecule has 27 heavy (non-hydrogen) atoms. The highest BCUT2D eigenvalue weighted by Crippen LogP contribution is 2.14. The van der Waals surface area contributed by atoms with Crippen molar-refractivity contribution in [2.24, 2.45) is 0 Å². The Labute approximate surface area is 159 Å². The van der Waals surface area contributed by atoms with Crippen molar-refractivity contribution in [3.63, 3.8) is 0 Å². The standard InChI is InChI=1S/C17H25N3O6S/c1-17(2,3)19-14(21)11-26-15(22)10-18-16(23)12-7-6-8-13(9-12)27(24,25)20(4)5/h6-9H,10-11H2,1-5H3,(H,18,23)(H,19,21). The molecule has 0 bridgehead atoms. The van der Waals surface area contributed by atoms with Crippen LogP contribution in [0.1, 0.15) is 31.1 Å². The molecule has 0 aliphatic rings. The lowest BCUT2D eigenvalue weighted by Gasteiger charge is -2.20. The molecule has 0 heterocycles. The third kappa shape index (κ3) is 7.35. The zero-order chi connectivity index (χ0) is 20.8. The highest BCUT2D eigenvalue weighted by atomic mass is 32.2. The molecule has 0 aliphatic carbocycles. The Bertz CT molecular complexity index is 812. The van der Waals surface area contributed by atoms with Crippen LogP contribution in [0.5, 0.6) is 0 Å². The Balaban J connectivity index is 2.60. The van der Waals surface area contributed by atoms with Crippen LogP contribution in [0.3, 0.4) is 0 Å². The fraction of sp³-hybridized carbons (Fsp3) is 0.471. The van der Waals surface area contributed by atoms with Crippen LogP contribution in [-0.2, 0) is 24.3 Å². The molecule has 1 rings (SSSR count). The second-order valence-electron chi connectivity index (χ2n) is 6.96. The zero-order valence-electron chi connectivity index (χ0n) is 16.0. The van der Waals surface area contributed by atoms with Crippen LogP contribution >= 0.6 is 0 Å². The van der Waals surface area contributed by atoms with Crippen LogP contribution in [-0.4, -0.2) is 63.3 Å². The minimum absolute atomic E-state index is 0.0402. The van der Waals surface area contributed by atoms with Gasteiger partial charge in [-0.1, -0.05) is 6.07 Å². The van der Waals surface area contributed by atoms with Crippen LogP contribution in [0.25, 0.3) is 0 Å². The van der Waals surface area contributed by atoms with E-state index in [1.54, 1.807) is 20.8 Å². The molecular weight excluding hydrogens is 374 g/mol. The Morgan fingerprint density at radius 3 is 2.33 bits per heavy atom. The molecule has 0 saturated carbocycles. The van der Waals surface area contributed by atoms with Gasteiger partial charge in [0, 0.05) is 25.2 Å². The maximum Gasteiger partial charge on any atom is 0.325 e. The highest BCUT2D eigenvalue weighted by Gasteiger charge is 2.19. The molecule has 9 nitrogen and oxygen atoms in total. The summed E-state index contributed by atoms with van der Waals surface area (Å²) in [5, 5.41) is 4.96.